The molecule has 0 saturated heterocycles. The Morgan fingerprint density at radius 3 is 2.58 bits per heavy atom. The fourth-order valence-electron chi connectivity index (χ4n) is 3.62. The van der Waals surface area contributed by atoms with Crippen molar-refractivity contribution < 1.29 is 14.3 Å². The van der Waals surface area contributed by atoms with E-state index in [1.165, 1.54) is 5.01 Å². The van der Waals surface area contributed by atoms with Gasteiger partial charge in [0.15, 0.2) is 0 Å². The molecule has 1 aliphatic rings. The Labute approximate surface area is 181 Å². The summed E-state index contributed by atoms with van der Waals surface area (Å²) in [6.45, 7) is 0.988. The Morgan fingerprint density at radius 1 is 1.00 bits per heavy atom. The third-order valence-corrected chi connectivity index (χ3v) is 5.36. The summed E-state index contributed by atoms with van der Waals surface area (Å²) >= 11 is 0. The highest BCUT2D eigenvalue weighted by Crippen LogP contribution is 2.22. The Kier molecular flexibility index (Phi) is 6.26. The lowest BCUT2D eigenvalue weighted by Crippen LogP contribution is -2.27. The number of rotatable bonds is 7. The van der Waals surface area contributed by atoms with E-state index in [-0.39, 0.29) is 24.7 Å². The largest absolute Gasteiger partial charge is 0.497 e. The summed E-state index contributed by atoms with van der Waals surface area (Å²) in [6, 6.07) is 21.8. The lowest BCUT2D eigenvalue weighted by atomic mass is 10.1. The number of hydrogen-bond donors (Lipinski definition) is 1. The minimum absolute atomic E-state index is 0.124. The quantitative estimate of drug-likeness (QED) is 0.637. The van der Waals surface area contributed by atoms with Gasteiger partial charge in [0.05, 0.1) is 19.4 Å². The Balaban J connectivity index is 1.26. The van der Waals surface area contributed by atoms with E-state index >= 15 is 0 Å². The summed E-state index contributed by atoms with van der Waals surface area (Å²) in [6.07, 6.45) is 1.03. The summed E-state index contributed by atoms with van der Waals surface area (Å²) in [5.74, 6) is 0.548. The van der Waals surface area contributed by atoms with Crippen LogP contribution >= 0.6 is 0 Å². The van der Waals surface area contributed by atoms with Crippen LogP contribution in [0.1, 0.15) is 30.4 Å². The van der Waals surface area contributed by atoms with Crippen LogP contribution in [0.25, 0.3) is 10.8 Å². The summed E-state index contributed by atoms with van der Waals surface area (Å²) in [4.78, 5) is 24.7. The minimum atomic E-state index is -0.144. The number of fused-ring (bicyclic) bond motifs is 1. The number of methoxy groups -OCH3 is 1. The van der Waals surface area contributed by atoms with Crippen LogP contribution in [0.3, 0.4) is 0 Å². The third kappa shape index (κ3) is 5.09. The van der Waals surface area contributed by atoms with Gasteiger partial charge in [-0.3, -0.25) is 9.59 Å². The van der Waals surface area contributed by atoms with E-state index in [1.807, 2.05) is 66.7 Å². The topological polar surface area (TPSA) is 71.0 Å². The van der Waals surface area contributed by atoms with Gasteiger partial charge in [0, 0.05) is 25.8 Å². The van der Waals surface area contributed by atoms with Crippen LogP contribution in [0.2, 0.25) is 0 Å². The third-order valence-electron chi connectivity index (χ3n) is 5.36. The number of nitrogens with zero attached hydrogens (tertiary/aromatic N) is 2. The van der Waals surface area contributed by atoms with Crippen LogP contribution in [0.4, 0.5) is 0 Å². The van der Waals surface area contributed by atoms with Crippen molar-refractivity contribution in [1.82, 2.24) is 10.3 Å². The maximum Gasteiger partial charge on any atom is 0.243 e. The number of ether oxygens (including phenoxy) is 1. The number of nitrogens with one attached hydrogen (secondary N) is 1. The van der Waals surface area contributed by atoms with Crippen molar-refractivity contribution in [1.29, 1.82) is 0 Å². The van der Waals surface area contributed by atoms with E-state index in [0.717, 1.165) is 39.8 Å². The van der Waals surface area contributed by atoms with Gasteiger partial charge in [-0.15, -0.1) is 0 Å². The van der Waals surface area contributed by atoms with Crippen molar-refractivity contribution in [3.63, 3.8) is 0 Å². The molecule has 3 aromatic carbocycles. The second-order valence-electron chi connectivity index (χ2n) is 7.50. The number of carbonyl (C=O) groups is 2. The molecule has 1 heterocycles. The monoisotopic (exact) mass is 415 g/mol. The minimum Gasteiger partial charge on any atom is -0.497 e. The molecule has 0 aliphatic carbocycles. The number of hydrogen-bond acceptors (Lipinski definition) is 4. The Bertz CT molecular complexity index is 1130. The fraction of sp³-hybridized carbons (Fsp3) is 0.240. The van der Waals surface area contributed by atoms with Gasteiger partial charge in [0.2, 0.25) is 11.8 Å². The van der Waals surface area contributed by atoms with Crippen molar-refractivity contribution in [2.45, 2.75) is 25.8 Å². The molecule has 6 heteroatoms. The number of hydrazone groups is 1. The normalized spacial score (nSPS) is 13.2. The molecule has 2 amide bonds. The van der Waals surface area contributed by atoms with Gasteiger partial charge < -0.3 is 10.1 Å². The highest BCUT2D eigenvalue weighted by atomic mass is 16.5. The predicted molar refractivity (Wildman–Crippen MR) is 121 cm³/mol. The Morgan fingerprint density at radius 2 is 1.77 bits per heavy atom. The lowest BCUT2D eigenvalue weighted by molar-refractivity contribution is -0.133. The first-order chi connectivity index (χ1) is 15.1. The molecule has 1 N–H and O–H groups in total. The predicted octanol–water partition coefficient (Wildman–Crippen LogP) is 3.88. The van der Waals surface area contributed by atoms with E-state index < -0.39 is 0 Å². The summed E-state index contributed by atoms with van der Waals surface area (Å²) in [7, 11) is 1.65. The maximum atomic E-state index is 12.4. The first-order valence-electron chi connectivity index (χ1n) is 10.4. The second kappa shape index (κ2) is 9.43. The van der Waals surface area contributed by atoms with Crippen LogP contribution in [0, 0.1) is 0 Å². The molecule has 0 bridgehead atoms. The molecule has 0 fully saturated rings. The molecule has 6 nitrogen and oxygen atoms in total. The average molecular weight is 415 g/mol. The van der Waals surface area contributed by atoms with Crippen molar-refractivity contribution in [2.24, 2.45) is 5.10 Å². The first-order valence-corrected chi connectivity index (χ1v) is 10.4. The summed E-state index contributed by atoms with van der Waals surface area (Å²) < 4.78 is 5.25. The smallest absolute Gasteiger partial charge is 0.243 e. The maximum absolute atomic E-state index is 12.4. The molecule has 31 heavy (non-hydrogen) atoms. The molecule has 3 aromatic rings. The van der Waals surface area contributed by atoms with Gasteiger partial charge in [-0.25, -0.2) is 5.01 Å². The molecule has 0 aromatic heterocycles. The Hall–Kier alpha value is -3.67. The molecular weight excluding hydrogens is 390 g/mol. The number of amides is 2. The highest BCUT2D eigenvalue weighted by Gasteiger charge is 2.21. The van der Waals surface area contributed by atoms with Crippen LogP contribution in [-0.4, -0.2) is 36.2 Å². The zero-order chi connectivity index (χ0) is 21.6. The van der Waals surface area contributed by atoms with Crippen LogP contribution < -0.4 is 10.1 Å². The zero-order valence-electron chi connectivity index (χ0n) is 17.5. The summed E-state index contributed by atoms with van der Waals surface area (Å²) in [5.41, 5.74) is 2.95. The van der Waals surface area contributed by atoms with Crippen molar-refractivity contribution in [2.75, 3.05) is 13.7 Å². The molecule has 0 saturated carbocycles. The van der Waals surface area contributed by atoms with Gasteiger partial charge in [-0.05, 0) is 40.1 Å². The molecule has 4 rings (SSSR count). The van der Waals surface area contributed by atoms with Crippen molar-refractivity contribution in [3.05, 3.63) is 77.9 Å². The van der Waals surface area contributed by atoms with E-state index in [2.05, 4.69) is 10.4 Å². The first kappa shape index (κ1) is 20.6. The van der Waals surface area contributed by atoms with E-state index in [0.29, 0.717) is 13.1 Å². The van der Waals surface area contributed by atoms with E-state index in [4.69, 9.17) is 4.74 Å². The van der Waals surface area contributed by atoms with Gasteiger partial charge >= 0.3 is 0 Å². The van der Waals surface area contributed by atoms with Crippen LogP contribution in [0.5, 0.6) is 5.75 Å². The van der Waals surface area contributed by atoms with Crippen molar-refractivity contribution >= 4 is 28.3 Å². The molecule has 0 radical (unpaired) electrons. The highest BCUT2D eigenvalue weighted by molar-refractivity contribution is 6.02. The zero-order valence-corrected chi connectivity index (χ0v) is 17.5. The second-order valence-corrected chi connectivity index (χ2v) is 7.50. The molecular formula is C25H25N3O3. The average Bonchev–Trinajstić information content (AvgIpc) is 3.32. The van der Waals surface area contributed by atoms with Gasteiger partial charge in [-0.1, -0.05) is 48.5 Å². The molecule has 0 atom stereocenters. The van der Waals surface area contributed by atoms with Gasteiger partial charge in [0.1, 0.15) is 5.75 Å². The molecule has 0 spiro atoms. The van der Waals surface area contributed by atoms with Crippen LogP contribution in [-0.2, 0) is 16.1 Å². The fourth-order valence-corrected chi connectivity index (χ4v) is 3.62. The molecule has 1 aliphatic heterocycles. The number of benzene rings is 3. The van der Waals surface area contributed by atoms with Crippen LogP contribution in [0.15, 0.2) is 71.8 Å². The molecule has 0 unspecified atom stereocenters. The van der Waals surface area contributed by atoms with Crippen molar-refractivity contribution in [3.8, 4) is 5.75 Å². The van der Waals surface area contributed by atoms with Gasteiger partial charge in [-0.2, -0.15) is 5.10 Å². The van der Waals surface area contributed by atoms with E-state index in [9.17, 15) is 9.59 Å². The van der Waals surface area contributed by atoms with Gasteiger partial charge in [0.25, 0.3) is 0 Å². The standard InChI is InChI=1S/C25H25N3O3/c1-31-22-10-9-20-15-18(7-8-21(20)16-22)17-26-24(29)11-12-25(30)28-14-13-23(27-28)19-5-3-2-4-6-19/h2-10,15-16H,11-14,17H2,1H3,(H,26,29). The number of carbonyl (C=O) groups excluding carboxylic acids is 2. The summed E-state index contributed by atoms with van der Waals surface area (Å²) in [5, 5.41) is 11.0. The SMILES string of the molecule is COc1ccc2cc(CNC(=O)CCC(=O)N3CCC(c4ccccc4)=N3)ccc2c1. The lowest BCUT2D eigenvalue weighted by Gasteiger charge is -2.11. The molecule has 158 valence electrons. The van der Waals surface area contributed by atoms with E-state index in [1.54, 1.807) is 7.11 Å².